The molecule has 122 valence electrons. The van der Waals surface area contributed by atoms with E-state index >= 15 is 0 Å². The van der Waals surface area contributed by atoms with E-state index in [1.54, 1.807) is 0 Å². The van der Waals surface area contributed by atoms with E-state index in [1.807, 2.05) is 0 Å². The van der Waals surface area contributed by atoms with E-state index in [4.69, 9.17) is 4.74 Å². The summed E-state index contributed by atoms with van der Waals surface area (Å²) >= 11 is 0. The van der Waals surface area contributed by atoms with Crippen LogP contribution in [-0.2, 0) is 6.42 Å². The van der Waals surface area contributed by atoms with E-state index in [0.717, 1.165) is 25.3 Å². The molecule has 4 rings (SSSR count). The maximum absolute atomic E-state index is 5.66. The Morgan fingerprint density at radius 2 is 1.83 bits per heavy atom. The van der Waals surface area contributed by atoms with Crippen LogP contribution in [0.1, 0.15) is 42.6 Å². The zero-order chi connectivity index (χ0) is 16.0. The lowest BCUT2D eigenvalue weighted by atomic mass is 9.83. The van der Waals surface area contributed by atoms with Crippen molar-refractivity contribution in [3.8, 4) is 5.75 Å². The Bertz CT molecular complexity index is 712. The van der Waals surface area contributed by atoms with Crippen LogP contribution in [0, 0.1) is 12.8 Å². The third kappa shape index (κ3) is 2.55. The monoisotopic (exact) mass is 309 g/mol. The first-order chi connectivity index (χ1) is 11.1. The van der Waals surface area contributed by atoms with Crippen LogP contribution in [0.5, 0.6) is 5.75 Å². The van der Waals surface area contributed by atoms with Gasteiger partial charge >= 0.3 is 0 Å². The van der Waals surface area contributed by atoms with Gasteiger partial charge in [-0.3, -0.25) is 4.90 Å². The Morgan fingerprint density at radius 1 is 1.09 bits per heavy atom. The summed E-state index contributed by atoms with van der Waals surface area (Å²) in [5, 5.41) is 0. The molecule has 0 aliphatic carbocycles. The lowest BCUT2D eigenvalue weighted by Crippen LogP contribution is -2.20. The van der Waals surface area contributed by atoms with Crippen molar-refractivity contribution in [1.29, 1.82) is 0 Å². The molecule has 2 nitrogen and oxygen atoms in total. The molecule has 0 saturated carbocycles. The van der Waals surface area contributed by atoms with E-state index in [1.165, 1.54) is 22.3 Å². The Hall–Kier alpha value is -1.80. The first-order valence-corrected chi connectivity index (χ1v) is 8.66. The lowest BCUT2D eigenvalue weighted by Gasteiger charge is -2.24. The molecule has 2 aliphatic rings. The summed E-state index contributed by atoms with van der Waals surface area (Å²) in [7, 11) is 2.26. The number of hydrogen-bond donors (Lipinski definition) is 0. The van der Waals surface area contributed by atoms with Crippen LogP contribution in [0.4, 0.5) is 0 Å². The van der Waals surface area contributed by atoms with Gasteiger partial charge in [-0.2, -0.15) is 0 Å². The second-order valence-corrected chi connectivity index (χ2v) is 7.23. The first-order valence-electron chi connectivity index (χ1n) is 8.66. The van der Waals surface area contributed by atoms with Gasteiger partial charge in [0.05, 0.1) is 6.61 Å². The second kappa shape index (κ2) is 5.68. The van der Waals surface area contributed by atoms with Crippen molar-refractivity contribution in [1.82, 2.24) is 4.90 Å². The minimum atomic E-state index is 0. The van der Waals surface area contributed by atoms with E-state index in [9.17, 15) is 0 Å². The van der Waals surface area contributed by atoms with Crippen LogP contribution < -0.4 is 4.74 Å². The molecule has 2 aromatic carbocycles. The van der Waals surface area contributed by atoms with E-state index < -0.39 is 0 Å². The summed E-state index contributed by atoms with van der Waals surface area (Å²) in [6.45, 7) is 6.52. The van der Waals surface area contributed by atoms with E-state index in [-0.39, 0.29) is 1.43 Å². The number of aryl methyl sites for hydroxylation is 1. The van der Waals surface area contributed by atoms with Crippen LogP contribution in [0.15, 0.2) is 42.5 Å². The van der Waals surface area contributed by atoms with Gasteiger partial charge in [-0.05, 0) is 42.6 Å². The molecule has 2 aliphatic heterocycles. The number of benzene rings is 2. The molecule has 1 unspecified atom stereocenters. The molecule has 2 heterocycles. The normalized spacial score (nSPS) is 27.0. The zero-order valence-electron chi connectivity index (χ0n) is 14.3. The first kappa shape index (κ1) is 14.8. The van der Waals surface area contributed by atoms with Gasteiger partial charge in [-0.25, -0.2) is 0 Å². The molecule has 0 spiro atoms. The third-order valence-corrected chi connectivity index (χ3v) is 5.65. The molecule has 3 atom stereocenters. The van der Waals surface area contributed by atoms with Crippen molar-refractivity contribution in [2.24, 2.45) is 5.92 Å². The summed E-state index contributed by atoms with van der Waals surface area (Å²) in [4.78, 5) is 2.52. The number of fused-ring (bicyclic) bond motifs is 1. The van der Waals surface area contributed by atoms with Gasteiger partial charge in [0.25, 0.3) is 0 Å². The number of rotatable bonds is 2. The average molecular weight is 309 g/mol. The fourth-order valence-electron chi connectivity index (χ4n) is 4.38. The highest BCUT2D eigenvalue weighted by Crippen LogP contribution is 2.45. The second-order valence-electron chi connectivity index (χ2n) is 7.23. The maximum atomic E-state index is 5.66. The van der Waals surface area contributed by atoms with Crippen LogP contribution in [0.25, 0.3) is 0 Å². The molecule has 2 heteroatoms. The number of likely N-dealkylation sites (N-methyl/N-ethyl adjacent to an activating group) is 1. The van der Waals surface area contributed by atoms with Crippen LogP contribution in [0.3, 0.4) is 0 Å². The van der Waals surface area contributed by atoms with Crippen LogP contribution in [0.2, 0.25) is 0 Å². The van der Waals surface area contributed by atoms with Crippen molar-refractivity contribution in [3.05, 3.63) is 64.7 Å². The summed E-state index contributed by atoms with van der Waals surface area (Å²) in [5.74, 6) is 2.29. The van der Waals surface area contributed by atoms with Crippen molar-refractivity contribution >= 4 is 0 Å². The molecular formula is C21H27NO. The molecule has 0 radical (unpaired) electrons. The Balaban J connectivity index is 0.00000169. The van der Waals surface area contributed by atoms with Crippen LogP contribution >= 0.6 is 0 Å². The van der Waals surface area contributed by atoms with Crippen molar-refractivity contribution in [2.75, 3.05) is 20.2 Å². The largest absolute Gasteiger partial charge is 0.493 e. The lowest BCUT2D eigenvalue weighted by molar-refractivity contribution is 0.285. The number of nitrogens with zero attached hydrogens (tertiary/aromatic N) is 1. The molecule has 0 aromatic heterocycles. The van der Waals surface area contributed by atoms with Gasteiger partial charge < -0.3 is 4.74 Å². The summed E-state index contributed by atoms with van der Waals surface area (Å²) in [6.07, 6.45) is 1.06. The van der Waals surface area contributed by atoms with Gasteiger partial charge in [-0.1, -0.05) is 48.9 Å². The predicted molar refractivity (Wildman–Crippen MR) is 96.2 cm³/mol. The third-order valence-electron chi connectivity index (χ3n) is 5.65. The molecule has 0 amide bonds. The molecular weight excluding hydrogens is 282 g/mol. The Kier molecular flexibility index (Phi) is 3.65. The molecule has 2 aromatic rings. The predicted octanol–water partition coefficient (Wildman–Crippen LogP) is 4.58. The Labute approximate surface area is 140 Å². The van der Waals surface area contributed by atoms with Gasteiger partial charge in [0, 0.05) is 26.4 Å². The van der Waals surface area contributed by atoms with Crippen LogP contribution in [-0.4, -0.2) is 25.1 Å². The molecule has 0 N–H and O–H groups in total. The highest BCUT2D eigenvalue weighted by Gasteiger charge is 2.38. The van der Waals surface area contributed by atoms with E-state index in [0.29, 0.717) is 17.9 Å². The van der Waals surface area contributed by atoms with Gasteiger partial charge in [0.2, 0.25) is 0 Å². The molecule has 0 bridgehead atoms. The van der Waals surface area contributed by atoms with Crippen molar-refractivity contribution in [2.45, 2.75) is 32.2 Å². The fraction of sp³-hybridized carbons (Fsp3) is 0.429. The number of ether oxygens (including phenoxy) is 1. The standard InChI is InChI=1S/C21H25NO.H2/c1-14-4-6-16(7-5-14)21-15(2)19(13-22(21)3)17-8-9-20-18(12-17)10-11-23-20;/h4-9,12,15,19,21H,10-11,13H2,1-3H3;1H/t15-,19+,21?;/m1./s1. The molecule has 23 heavy (non-hydrogen) atoms. The topological polar surface area (TPSA) is 12.5 Å². The minimum absolute atomic E-state index is 0. The SMILES string of the molecule is Cc1ccc(C2[C@H](C)[C@@H](c3ccc4c(c3)CCO4)CN2C)cc1.[HH]. The minimum Gasteiger partial charge on any atom is -0.493 e. The van der Waals surface area contributed by atoms with Gasteiger partial charge in [0.15, 0.2) is 0 Å². The highest BCUT2D eigenvalue weighted by atomic mass is 16.5. The highest BCUT2D eigenvalue weighted by molar-refractivity contribution is 5.42. The molecule has 1 saturated heterocycles. The van der Waals surface area contributed by atoms with E-state index in [2.05, 4.69) is 68.3 Å². The number of hydrogen-bond acceptors (Lipinski definition) is 2. The summed E-state index contributed by atoms with van der Waals surface area (Å²) < 4.78 is 5.66. The fourth-order valence-corrected chi connectivity index (χ4v) is 4.38. The Morgan fingerprint density at radius 3 is 2.61 bits per heavy atom. The maximum Gasteiger partial charge on any atom is 0.122 e. The average Bonchev–Trinajstić information content (AvgIpc) is 3.12. The van der Waals surface area contributed by atoms with Crippen molar-refractivity contribution < 1.29 is 6.16 Å². The number of likely N-dealkylation sites (tertiary alicyclic amines) is 1. The van der Waals surface area contributed by atoms with Crippen molar-refractivity contribution in [3.63, 3.8) is 0 Å². The van der Waals surface area contributed by atoms with Gasteiger partial charge in [-0.15, -0.1) is 0 Å². The van der Waals surface area contributed by atoms with Gasteiger partial charge in [0.1, 0.15) is 5.75 Å². The zero-order valence-corrected chi connectivity index (χ0v) is 14.3. The quantitative estimate of drug-likeness (QED) is 0.805. The summed E-state index contributed by atoms with van der Waals surface area (Å²) in [5.41, 5.74) is 5.63. The summed E-state index contributed by atoms with van der Waals surface area (Å²) in [6, 6.07) is 16.4. The molecule has 1 fully saturated rings. The smallest absolute Gasteiger partial charge is 0.122 e.